The van der Waals surface area contributed by atoms with Crippen LogP contribution < -0.4 is 4.90 Å². The molecular weight excluding hydrogens is 344 g/mol. The van der Waals surface area contributed by atoms with Crippen LogP contribution >= 0.6 is 0 Å². The predicted molar refractivity (Wildman–Crippen MR) is 104 cm³/mol. The van der Waals surface area contributed by atoms with E-state index in [0.717, 1.165) is 42.5 Å². The molecule has 0 amide bonds. The number of aromatic nitrogens is 1. The first kappa shape index (κ1) is 17.0. The van der Waals surface area contributed by atoms with Gasteiger partial charge in [-0.2, -0.15) is 0 Å². The van der Waals surface area contributed by atoms with Gasteiger partial charge < -0.3 is 4.90 Å². The number of sulfone groups is 1. The first-order valence-electron chi connectivity index (χ1n) is 9.11. The number of hydrogen-bond donors (Lipinski definition) is 0. The van der Waals surface area contributed by atoms with E-state index in [0.29, 0.717) is 9.79 Å². The largest absolute Gasteiger partial charge is 0.370 e. The van der Waals surface area contributed by atoms with Crippen molar-refractivity contribution < 1.29 is 8.42 Å². The molecule has 1 saturated heterocycles. The topological polar surface area (TPSA) is 50.3 Å². The van der Waals surface area contributed by atoms with E-state index in [4.69, 9.17) is 0 Å². The van der Waals surface area contributed by atoms with Crippen LogP contribution in [0, 0.1) is 0 Å². The van der Waals surface area contributed by atoms with Gasteiger partial charge in [-0.05, 0) is 31.0 Å². The molecule has 4 nitrogen and oxygen atoms in total. The van der Waals surface area contributed by atoms with Crippen molar-refractivity contribution in [3.05, 3.63) is 60.8 Å². The summed E-state index contributed by atoms with van der Waals surface area (Å²) in [6.07, 6.45) is 6.09. The molecule has 26 heavy (non-hydrogen) atoms. The van der Waals surface area contributed by atoms with Gasteiger partial charge in [0, 0.05) is 24.7 Å². The minimum absolute atomic E-state index is 0.310. The summed E-state index contributed by atoms with van der Waals surface area (Å²) in [6, 6.07) is 16.4. The van der Waals surface area contributed by atoms with Gasteiger partial charge in [-0.1, -0.05) is 49.2 Å². The summed E-state index contributed by atoms with van der Waals surface area (Å²) < 4.78 is 26.7. The Kier molecular flexibility index (Phi) is 4.64. The second-order valence-electron chi connectivity index (χ2n) is 6.71. The Morgan fingerprint density at radius 3 is 2.19 bits per heavy atom. The van der Waals surface area contributed by atoms with Crippen molar-refractivity contribution in [1.29, 1.82) is 0 Å². The molecule has 0 N–H and O–H groups in total. The van der Waals surface area contributed by atoms with Crippen LogP contribution in [0.25, 0.3) is 10.9 Å². The van der Waals surface area contributed by atoms with Gasteiger partial charge in [-0.15, -0.1) is 0 Å². The van der Waals surface area contributed by atoms with Gasteiger partial charge in [0.15, 0.2) is 0 Å². The Morgan fingerprint density at radius 2 is 1.46 bits per heavy atom. The van der Waals surface area contributed by atoms with E-state index in [1.54, 1.807) is 24.3 Å². The normalized spacial score (nSPS) is 15.8. The van der Waals surface area contributed by atoms with Crippen LogP contribution in [0.5, 0.6) is 0 Å². The second kappa shape index (κ2) is 7.08. The average Bonchev–Trinajstić information content (AvgIpc) is 2.97. The van der Waals surface area contributed by atoms with Crippen LogP contribution in [-0.4, -0.2) is 26.5 Å². The SMILES string of the molecule is O=S(=O)(c1ccccc1)c1cnc2ccccc2c1N1CCCCCC1. The smallest absolute Gasteiger partial charge is 0.210 e. The van der Waals surface area contributed by atoms with Crippen molar-refractivity contribution in [2.24, 2.45) is 0 Å². The molecule has 5 heteroatoms. The highest BCUT2D eigenvalue weighted by Gasteiger charge is 2.27. The van der Waals surface area contributed by atoms with Crippen molar-refractivity contribution >= 4 is 26.4 Å². The number of rotatable bonds is 3. The standard InChI is InChI=1S/C21H22N2O2S/c24-26(25,17-10-4-3-5-11-17)20-16-22-19-13-7-6-12-18(19)21(20)23-14-8-1-2-9-15-23/h3-7,10-13,16H,1-2,8-9,14-15H2. The van der Waals surface area contributed by atoms with Crippen molar-refractivity contribution in [3.8, 4) is 0 Å². The molecule has 0 saturated carbocycles. The highest BCUT2D eigenvalue weighted by Crippen LogP contribution is 2.36. The maximum atomic E-state index is 13.4. The zero-order valence-corrected chi connectivity index (χ0v) is 15.5. The molecule has 1 fully saturated rings. The summed E-state index contributed by atoms with van der Waals surface area (Å²) in [5.74, 6) is 0. The monoisotopic (exact) mass is 366 g/mol. The van der Waals surface area contributed by atoms with Crippen LogP contribution in [0.1, 0.15) is 25.7 Å². The third kappa shape index (κ3) is 3.07. The molecule has 0 bridgehead atoms. The zero-order valence-electron chi connectivity index (χ0n) is 14.6. The lowest BCUT2D eigenvalue weighted by molar-refractivity contribution is 0.595. The lowest BCUT2D eigenvalue weighted by Gasteiger charge is -2.26. The molecule has 4 rings (SSSR count). The minimum atomic E-state index is -3.63. The summed E-state index contributed by atoms with van der Waals surface area (Å²) in [7, 11) is -3.63. The summed E-state index contributed by atoms with van der Waals surface area (Å²) in [5.41, 5.74) is 1.64. The van der Waals surface area contributed by atoms with E-state index in [2.05, 4.69) is 9.88 Å². The molecule has 1 aliphatic heterocycles. The van der Waals surface area contributed by atoms with Crippen LogP contribution in [0.15, 0.2) is 70.6 Å². The minimum Gasteiger partial charge on any atom is -0.370 e. The molecule has 2 aromatic carbocycles. The maximum Gasteiger partial charge on any atom is 0.210 e. The van der Waals surface area contributed by atoms with Gasteiger partial charge in [0.1, 0.15) is 4.90 Å². The summed E-state index contributed by atoms with van der Waals surface area (Å²) >= 11 is 0. The highest BCUT2D eigenvalue weighted by atomic mass is 32.2. The van der Waals surface area contributed by atoms with E-state index in [1.165, 1.54) is 19.0 Å². The average molecular weight is 366 g/mol. The number of pyridine rings is 1. The third-order valence-corrected chi connectivity index (χ3v) is 6.75. The quantitative estimate of drug-likeness (QED) is 0.687. The van der Waals surface area contributed by atoms with Crippen molar-refractivity contribution in [1.82, 2.24) is 4.98 Å². The molecular formula is C21H22N2O2S. The first-order chi connectivity index (χ1) is 12.7. The van der Waals surface area contributed by atoms with Gasteiger partial charge in [0.05, 0.1) is 16.1 Å². The van der Waals surface area contributed by atoms with Gasteiger partial charge in [0.25, 0.3) is 0 Å². The molecule has 0 unspecified atom stereocenters. The molecule has 0 spiro atoms. The molecule has 0 atom stereocenters. The number of nitrogens with zero attached hydrogens (tertiary/aromatic N) is 2. The fourth-order valence-electron chi connectivity index (χ4n) is 3.65. The number of benzene rings is 2. The van der Waals surface area contributed by atoms with Crippen LogP contribution in [0.4, 0.5) is 5.69 Å². The Hall–Kier alpha value is -2.40. The van der Waals surface area contributed by atoms with E-state index in [9.17, 15) is 8.42 Å². The van der Waals surface area contributed by atoms with E-state index in [-0.39, 0.29) is 0 Å². The first-order valence-corrected chi connectivity index (χ1v) is 10.6. The fourth-order valence-corrected chi connectivity index (χ4v) is 5.11. The molecule has 134 valence electrons. The highest BCUT2D eigenvalue weighted by molar-refractivity contribution is 7.91. The van der Waals surface area contributed by atoms with Crippen molar-refractivity contribution in [3.63, 3.8) is 0 Å². The second-order valence-corrected chi connectivity index (χ2v) is 8.62. The van der Waals surface area contributed by atoms with Gasteiger partial charge in [0.2, 0.25) is 9.84 Å². The van der Waals surface area contributed by atoms with Crippen LogP contribution in [0.3, 0.4) is 0 Å². The number of fused-ring (bicyclic) bond motifs is 1. The summed E-state index contributed by atoms with van der Waals surface area (Å²) in [6.45, 7) is 1.76. The number of hydrogen-bond acceptors (Lipinski definition) is 4. The van der Waals surface area contributed by atoms with Gasteiger partial charge in [-0.3, -0.25) is 4.98 Å². The predicted octanol–water partition coefficient (Wildman–Crippen LogP) is 4.45. The Balaban J connectivity index is 1.96. The summed E-state index contributed by atoms with van der Waals surface area (Å²) in [4.78, 5) is 7.31. The van der Waals surface area contributed by atoms with E-state index in [1.807, 2.05) is 30.3 Å². The van der Waals surface area contributed by atoms with Crippen LogP contribution in [0.2, 0.25) is 0 Å². The molecule has 1 aliphatic rings. The number of para-hydroxylation sites is 1. The molecule has 1 aromatic heterocycles. The van der Waals surface area contributed by atoms with Crippen molar-refractivity contribution in [2.75, 3.05) is 18.0 Å². The Bertz CT molecular complexity index is 1010. The van der Waals surface area contributed by atoms with Gasteiger partial charge >= 0.3 is 0 Å². The van der Waals surface area contributed by atoms with E-state index < -0.39 is 9.84 Å². The maximum absolute atomic E-state index is 13.4. The van der Waals surface area contributed by atoms with Crippen LogP contribution in [-0.2, 0) is 9.84 Å². The Labute approximate surface area is 154 Å². The van der Waals surface area contributed by atoms with Crippen molar-refractivity contribution in [2.45, 2.75) is 35.5 Å². The van der Waals surface area contributed by atoms with Gasteiger partial charge in [-0.25, -0.2) is 8.42 Å². The Morgan fingerprint density at radius 1 is 0.808 bits per heavy atom. The fraction of sp³-hybridized carbons (Fsp3) is 0.286. The third-order valence-electron chi connectivity index (χ3n) is 4.98. The molecule has 0 radical (unpaired) electrons. The molecule has 0 aliphatic carbocycles. The lowest BCUT2D eigenvalue weighted by Crippen LogP contribution is -2.26. The number of anilines is 1. The molecule has 3 aromatic rings. The summed E-state index contributed by atoms with van der Waals surface area (Å²) in [5, 5.41) is 0.909. The van der Waals surface area contributed by atoms with E-state index >= 15 is 0 Å². The zero-order chi connectivity index (χ0) is 18.0. The molecule has 2 heterocycles. The lowest BCUT2D eigenvalue weighted by atomic mass is 10.1.